The van der Waals surface area contributed by atoms with Gasteiger partial charge in [0.1, 0.15) is 18.7 Å². The van der Waals surface area contributed by atoms with E-state index in [1.807, 2.05) is 11.9 Å². The van der Waals surface area contributed by atoms with Crippen molar-refractivity contribution in [3.05, 3.63) is 76.6 Å². The maximum Gasteiger partial charge on any atom is 0.326 e. The number of rotatable bonds is 17. The first kappa shape index (κ1) is 43.0. The number of nitrogens with two attached hydrogens (primary N) is 2. The third kappa shape index (κ3) is 10.5. The SMILES string of the molecule is CN(Cc1cnc2nc(N)nc(N)c2n1)c1ccc(C(=O)NC(CCC(=O)NCCOCCOCC#Cc2cccc3c2C(=O)N(C2CCC(=O)NC2=O)C3=O)C(=O)O)cc1. The number of anilines is 3. The van der Waals surface area contributed by atoms with Crippen molar-refractivity contribution in [2.75, 3.05) is 56.4 Å². The third-order valence-electron chi connectivity index (χ3n) is 9.54. The molecule has 61 heavy (non-hydrogen) atoms. The lowest BCUT2D eigenvalue weighted by molar-refractivity contribution is -0.140. The molecule has 6 rings (SSSR count). The van der Waals surface area contributed by atoms with Crippen LogP contribution in [0.1, 0.15) is 68.0 Å². The van der Waals surface area contributed by atoms with Gasteiger partial charge < -0.3 is 41.6 Å². The van der Waals surface area contributed by atoms with E-state index < -0.39 is 53.5 Å². The number of fused-ring (bicyclic) bond motifs is 2. The number of aliphatic carboxylic acids is 1. The van der Waals surface area contributed by atoms with Crippen LogP contribution >= 0.6 is 0 Å². The Morgan fingerprint density at radius 1 is 1.02 bits per heavy atom. The van der Waals surface area contributed by atoms with Crippen molar-refractivity contribution in [2.24, 2.45) is 0 Å². The fourth-order valence-electron chi connectivity index (χ4n) is 6.48. The van der Waals surface area contributed by atoms with Crippen molar-refractivity contribution in [3.63, 3.8) is 0 Å². The summed E-state index contributed by atoms with van der Waals surface area (Å²) in [5, 5.41) is 17.0. The molecule has 0 spiro atoms. The molecule has 8 N–H and O–H groups in total. The Morgan fingerprint density at radius 2 is 1.79 bits per heavy atom. The van der Waals surface area contributed by atoms with E-state index in [4.69, 9.17) is 20.9 Å². The van der Waals surface area contributed by atoms with Gasteiger partial charge in [-0.1, -0.05) is 17.9 Å². The van der Waals surface area contributed by atoms with Gasteiger partial charge in [0.2, 0.25) is 23.7 Å². The lowest BCUT2D eigenvalue weighted by atomic mass is 10.0. The number of carbonyl (C=O) groups is 7. The number of amides is 6. The van der Waals surface area contributed by atoms with Crippen molar-refractivity contribution in [1.82, 2.24) is 40.8 Å². The Labute approximate surface area is 347 Å². The Balaban J connectivity index is 0.860. The van der Waals surface area contributed by atoms with E-state index in [1.54, 1.807) is 42.6 Å². The molecule has 0 aliphatic carbocycles. The molecule has 4 aromatic rings. The summed E-state index contributed by atoms with van der Waals surface area (Å²) in [4.78, 5) is 107. The van der Waals surface area contributed by atoms with Gasteiger partial charge in [0.05, 0.1) is 49.4 Å². The van der Waals surface area contributed by atoms with E-state index in [1.165, 1.54) is 6.07 Å². The minimum Gasteiger partial charge on any atom is -0.480 e. The quantitative estimate of drug-likeness (QED) is 0.0455. The summed E-state index contributed by atoms with van der Waals surface area (Å²) in [6.07, 6.45) is 1.30. The van der Waals surface area contributed by atoms with E-state index in [9.17, 15) is 38.7 Å². The summed E-state index contributed by atoms with van der Waals surface area (Å²) in [5.41, 5.74) is 14.2. The predicted octanol–water partition coefficient (Wildman–Crippen LogP) is -0.214. The molecule has 2 atom stereocenters. The van der Waals surface area contributed by atoms with Crippen LogP contribution in [0.5, 0.6) is 0 Å². The van der Waals surface area contributed by atoms with E-state index >= 15 is 0 Å². The fraction of sp³-hybridized carbons (Fsp3) is 0.325. The topological polar surface area (TPSA) is 304 Å². The number of carboxylic acid groups (broad SMARTS) is 1. The summed E-state index contributed by atoms with van der Waals surface area (Å²) in [6.45, 7) is 0.966. The molecular weight excluding hydrogens is 795 g/mol. The number of ether oxygens (including phenoxy) is 2. The fourth-order valence-corrected chi connectivity index (χ4v) is 6.48. The number of carboxylic acids is 1. The monoisotopic (exact) mass is 835 g/mol. The Kier molecular flexibility index (Phi) is 13.7. The standard InChI is InChI=1S/C40H41N11O10/c1-50(21-24-20-44-34-32(45-24)33(41)48-40(42)49-34)25-9-7-23(8-10-25)35(54)46-27(39(58)59)11-13-29(52)43-15-17-61-19-18-60-16-3-5-22-4-2-6-26-31(22)38(57)51(37(26)56)28-12-14-30(53)47-36(28)55/h2,4,6-10,20,27-28H,11-19,21H2,1H3,(H,43,52)(H,46,54)(H,58,59)(H,47,53,55)(H4,41,42,44,48,49). The number of hydrogen-bond acceptors (Lipinski definition) is 16. The first-order valence-corrected chi connectivity index (χ1v) is 19.0. The highest BCUT2D eigenvalue weighted by atomic mass is 16.5. The zero-order valence-corrected chi connectivity index (χ0v) is 32.8. The first-order valence-electron chi connectivity index (χ1n) is 19.0. The van der Waals surface area contributed by atoms with Crippen LogP contribution in [0.4, 0.5) is 17.5 Å². The average molecular weight is 836 g/mol. The molecule has 1 saturated heterocycles. The van der Waals surface area contributed by atoms with Crippen molar-refractivity contribution in [3.8, 4) is 11.8 Å². The molecule has 0 saturated carbocycles. The number of nitrogens with zero attached hydrogens (tertiary/aromatic N) is 6. The molecule has 2 aromatic heterocycles. The number of nitrogens with one attached hydrogen (secondary N) is 3. The highest BCUT2D eigenvalue weighted by Gasteiger charge is 2.45. The first-order chi connectivity index (χ1) is 29.3. The molecule has 0 bridgehead atoms. The summed E-state index contributed by atoms with van der Waals surface area (Å²) in [7, 11) is 1.81. The lowest BCUT2D eigenvalue weighted by Gasteiger charge is -2.27. The molecule has 316 valence electrons. The predicted molar refractivity (Wildman–Crippen MR) is 215 cm³/mol. The van der Waals surface area contributed by atoms with Crippen LogP contribution in [-0.4, -0.2) is 123 Å². The van der Waals surface area contributed by atoms with Crippen LogP contribution < -0.4 is 32.3 Å². The maximum atomic E-state index is 13.2. The van der Waals surface area contributed by atoms with Gasteiger partial charge in [0.15, 0.2) is 17.0 Å². The van der Waals surface area contributed by atoms with Crippen LogP contribution in [0, 0.1) is 11.8 Å². The van der Waals surface area contributed by atoms with Gasteiger partial charge in [-0.2, -0.15) is 9.97 Å². The lowest BCUT2D eigenvalue weighted by Crippen LogP contribution is -2.54. The Bertz CT molecular complexity index is 2450. The van der Waals surface area contributed by atoms with Crippen molar-refractivity contribution in [1.29, 1.82) is 0 Å². The molecule has 2 aliphatic rings. The number of carbonyl (C=O) groups excluding carboxylic acids is 6. The van der Waals surface area contributed by atoms with E-state index in [-0.39, 0.29) is 92.8 Å². The van der Waals surface area contributed by atoms with E-state index in [0.29, 0.717) is 23.3 Å². The van der Waals surface area contributed by atoms with E-state index in [0.717, 1.165) is 10.6 Å². The van der Waals surface area contributed by atoms with Gasteiger partial charge in [-0.3, -0.25) is 39.0 Å². The molecule has 0 radical (unpaired) electrons. The van der Waals surface area contributed by atoms with Crippen molar-refractivity contribution >= 4 is 70.0 Å². The smallest absolute Gasteiger partial charge is 0.326 e. The second-order valence-corrected chi connectivity index (χ2v) is 13.8. The molecule has 21 heteroatoms. The van der Waals surface area contributed by atoms with Crippen molar-refractivity contribution in [2.45, 2.75) is 44.3 Å². The van der Waals surface area contributed by atoms with Gasteiger partial charge in [-0.05, 0) is 49.2 Å². The molecule has 2 aromatic carbocycles. The van der Waals surface area contributed by atoms with Crippen LogP contribution in [0.15, 0.2) is 48.7 Å². The maximum absolute atomic E-state index is 13.2. The molecule has 2 unspecified atom stereocenters. The molecule has 1 fully saturated rings. The normalized spacial score (nSPS) is 15.1. The number of piperidine rings is 1. The van der Waals surface area contributed by atoms with Crippen LogP contribution in [0.3, 0.4) is 0 Å². The number of hydrogen-bond donors (Lipinski definition) is 6. The highest BCUT2D eigenvalue weighted by Crippen LogP contribution is 2.29. The number of benzene rings is 2. The number of aromatic nitrogens is 4. The molecule has 6 amide bonds. The van der Waals surface area contributed by atoms with Crippen LogP contribution in [-0.2, 0) is 35.2 Å². The zero-order chi connectivity index (χ0) is 43.6. The van der Waals surface area contributed by atoms with Crippen LogP contribution in [0.25, 0.3) is 11.2 Å². The number of nitrogen functional groups attached to an aromatic ring is 2. The Morgan fingerprint density at radius 3 is 2.54 bits per heavy atom. The Hall–Kier alpha value is -7.57. The van der Waals surface area contributed by atoms with Gasteiger partial charge in [-0.15, -0.1) is 0 Å². The summed E-state index contributed by atoms with van der Waals surface area (Å²) in [5.74, 6) is 0.971. The number of imide groups is 2. The van der Waals surface area contributed by atoms with Gasteiger partial charge in [-0.25, -0.2) is 14.8 Å². The van der Waals surface area contributed by atoms with Gasteiger partial charge in [0, 0.05) is 43.2 Å². The third-order valence-corrected chi connectivity index (χ3v) is 9.54. The van der Waals surface area contributed by atoms with Crippen molar-refractivity contribution < 1.29 is 48.1 Å². The second kappa shape index (κ2) is 19.5. The van der Waals surface area contributed by atoms with Gasteiger partial charge in [0.25, 0.3) is 17.7 Å². The summed E-state index contributed by atoms with van der Waals surface area (Å²) >= 11 is 0. The minimum absolute atomic E-state index is 0.00365. The molecule has 2 aliphatic heterocycles. The average Bonchev–Trinajstić information content (AvgIpc) is 3.48. The highest BCUT2D eigenvalue weighted by molar-refractivity contribution is 6.24. The summed E-state index contributed by atoms with van der Waals surface area (Å²) in [6, 6.07) is 8.75. The minimum atomic E-state index is -1.31. The molecular formula is C40H41N11O10. The molecule has 4 heterocycles. The van der Waals surface area contributed by atoms with Crippen LogP contribution in [0.2, 0.25) is 0 Å². The zero-order valence-electron chi connectivity index (χ0n) is 32.8. The van der Waals surface area contributed by atoms with Gasteiger partial charge >= 0.3 is 5.97 Å². The molecule has 21 nitrogen and oxygen atoms in total. The largest absolute Gasteiger partial charge is 0.480 e. The van der Waals surface area contributed by atoms with E-state index in [2.05, 4.69) is 47.7 Å². The second-order valence-electron chi connectivity index (χ2n) is 13.8. The summed E-state index contributed by atoms with van der Waals surface area (Å²) < 4.78 is 10.9.